The zero-order valence-corrected chi connectivity index (χ0v) is 11.4. The molecular weight excluding hydrogens is 275 g/mol. The van der Waals surface area contributed by atoms with Crippen molar-refractivity contribution in [2.75, 3.05) is 11.9 Å². The first kappa shape index (κ1) is 15.2. The Bertz CT molecular complexity index is 574. The number of carbonyl (C=O) groups is 2. The van der Waals surface area contributed by atoms with E-state index in [1.54, 1.807) is 12.1 Å². The predicted molar refractivity (Wildman–Crippen MR) is 76.0 cm³/mol. The topological polar surface area (TPSA) is 78.4 Å². The molecule has 1 aliphatic carbocycles. The number of carbonyl (C=O) groups excluding carboxylic acids is 2. The second-order valence-electron chi connectivity index (χ2n) is 5.01. The van der Waals surface area contributed by atoms with Crippen LogP contribution in [0.3, 0.4) is 0 Å². The maximum Gasteiger partial charge on any atom is 0.313 e. The van der Waals surface area contributed by atoms with Crippen molar-refractivity contribution >= 4 is 17.5 Å². The molecule has 0 aliphatic heterocycles. The maximum absolute atomic E-state index is 13.4. The van der Waals surface area contributed by atoms with Crippen molar-refractivity contribution in [3.05, 3.63) is 42.2 Å². The highest BCUT2D eigenvalue weighted by Crippen LogP contribution is 2.20. The summed E-state index contributed by atoms with van der Waals surface area (Å²) in [7, 11) is 0. The van der Waals surface area contributed by atoms with Gasteiger partial charge in [0.15, 0.2) is 0 Å². The molecule has 0 radical (unpaired) electrons. The van der Waals surface area contributed by atoms with Crippen molar-refractivity contribution in [2.24, 2.45) is 0 Å². The van der Waals surface area contributed by atoms with Crippen LogP contribution < -0.4 is 10.6 Å². The Balaban J connectivity index is 1.88. The lowest BCUT2D eigenvalue weighted by molar-refractivity contribution is -0.136. The molecule has 1 unspecified atom stereocenters. The fraction of sp³-hybridized carbons (Fsp3) is 0.333. The smallest absolute Gasteiger partial charge is 0.313 e. The van der Waals surface area contributed by atoms with Gasteiger partial charge in [-0.1, -0.05) is 24.3 Å². The Labute approximate surface area is 121 Å². The van der Waals surface area contributed by atoms with Crippen molar-refractivity contribution in [2.45, 2.75) is 24.9 Å². The van der Waals surface area contributed by atoms with Crippen LogP contribution in [-0.2, 0) is 9.59 Å². The van der Waals surface area contributed by atoms with Gasteiger partial charge in [0.05, 0.1) is 12.2 Å². The summed E-state index contributed by atoms with van der Waals surface area (Å²) in [6.45, 7) is -0.0486. The molecule has 3 N–H and O–H groups in total. The zero-order chi connectivity index (χ0) is 15.3. The average molecular weight is 292 g/mol. The van der Waals surface area contributed by atoms with E-state index in [9.17, 15) is 19.1 Å². The van der Waals surface area contributed by atoms with Gasteiger partial charge in [-0.2, -0.15) is 0 Å². The number of rotatable bonds is 3. The lowest BCUT2D eigenvalue weighted by Gasteiger charge is -2.27. The first-order valence-electron chi connectivity index (χ1n) is 6.74. The molecule has 0 aromatic heterocycles. The summed E-state index contributed by atoms with van der Waals surface area (Å²) >= 11 is 0. The number of para-hydroxylation sites is 1. The van der Waals surface area contributed by atoms with Gasteiger partial charge >= 0.3 is 11.8 Å². The molecule has 2 rings (SSSR count). The first-order valence-corrected chi connectivity index (χ1v) is 6.74. The second kappa shape index (κ2) is 6.49. The number of amides is 2. The molecular formula is C15H17FN2O3. The Morgan fingerprint density at radius 1 is 1.29 bits per heavy atom. The van der Waals surface area contributed by atoms with Crippen LogP contribution in [-0.4, -0.2) is 29.1 Å². The average Bonchev–Trinajstić information content (AvgIpc) is 2.48. The molecule has 0 fully saturated rings. The highest BCUT2D eigenvalue weighted by Gasteiger charge is 2.27. The van der Waals surface area contributed by atoms with E-state index in [-0.39, 0.29) is 12.2 Å². The van der Waals surface area contributed by atoms with Gasteiger partial charge in [0.25, 0.3) is 0 Å². The van der Waals surface area contributed by atoms with E-state index in [2.05, 4.69) is 10.6 Å². The number of anilines is 1. The molecule has 6 heteroatoms. The minimum atomic E-state index is -1.12. The van der Waals surface area contributed by atoms with Gasteiger partial charge in [-0.15, -0.1) is 0 Å². The number of halogens is 1. The minimum absolute atomic E-state index is 0.0486. The summed E-state index contributed by atoms with van der Waals surface area (Å²) < 4.78 is 13.4. The first-order chi connectivity index (χ1) is 10.0. The molecule has 1 aliphatic rings. The summed E-state index contributed by atoms with van der Waals surface area (Å²) in [5.41, 5.74) is -1.18. The number of hydrogen-bond donors (Lipinski definition) is 3. The molecule has 0 bridgehead atoms. The number of aliphatic hydroxyl groups is 1. The third-order valence-electron chi connectivity index (χ3n) is 3.29. The van der Waals surface area contributed by atoms with E-state index in [0.29, 0.717) is 6.42 Å². The molecule has 2 amide bonds. The van der Waals surface area contributed by atoms with E-state index in [4.69, 9.17) is 0 Å². The molecule has 0 heterocycles. The summed E-state index contributed by atoms with van der Waals surface area (Å²) in [6.07, 6.45) is 5.72. The van der Waals surface area contributed by atoms with E-state index < -0.39 is 23.2 Å². The monoisotopic (exact) mass is 292 g/mol. The minimum Gasteiger partial charge on any atom is -0.384 e. The summed E-state index contributed by atoms with van der Waals surface area (Å²) in [5, 5.41) is 14.7. The molecule has 0 saturated carbocycles. The normalized spacial score (nSPS) is 20.9. The molecule has 1 atom stereocenters. The van der Waals surface area contributed by atoms with E-state index in [0.717, 1.165) is 12.8 Å². The maximum atomic E-state index is 13.4. The Kier molecular flexibility index (Phi) is 4.70. The molecule has 21 heavy (non-hydrogen) atoms. The Morgan fingerprint density at radius 3 is 2.71 bits per heavy atom. The lowest BCUT2D eigenvalue weighted by Crippen LogP contribution is -2.45. The van der Waals surface area contributed by atoms with Crippen molar-refractivity contribution < 1.29 is 19.1 Å². The van der Waals surface area contributed by atoms with Crippen molar-refractivity contribution in [1.29, 1.82) is 0 Å². The van der Waals surface area contributed by atoms with Crippen LogP contribution in [0, 0.1) is 5.82 Å². The molecule has 1 aromatic carbocycles. The third-order valence-corrected chi connectivity index (χ3v) is 3.29. The standard InChI is InChI=1S/C15H17FN2O3/c16-11-6-2-3-7-12(11)18-14(20)13(19)17-10-15(21)8-4-1-5-9-15/h2-4,6-8,21H,1,5,9-10H2,(H,17,19)(H,18,20). The zero-order valence-electron chi connectivity index (χ0n) is 11.4. The molecule has 112 valence electrons. The highest BCUT2D eigenvalue weighted by atomic mass is 19.1. The van der Waals surface area contributed by atoms with Crippen molar-refractivity contribution in [3.8, 4) is 0 Å². The Morgan fingerprint density at radius 2 is 2.05 bits per heavy atom. The van der Waals surface area contributed by atoms with Crippen LogP contribution in [0.15, 0.2) is 36.4 Å². The van der Waals surface area contributed by atoms with Crippen LogP contribution in [0.1, 0.15) is 19.3 Å². The van der Waals surface area contributed by atoms with Crippen LogP contribution in [0.25, 0.3) is 0 Å². The van der Waals surface area contributed by atoms with Gasteiger partial charge in [-0.05, 0) is 31.4 Å². The number of nitrogens with one attached hydrogen (secondary N) is 2. The van der Waals surface area contributed by atoms with Crippen molar-refractivity contribution in [3.63, 3.8) is 0 Å². The van der Waals surface area contributed by atoms with Crippen molar-refractivity contribution in [1.82, 2.24) is 5.32 Å². The summed E-state index contributed by atoms with van der Waals surface area (Å²) in [5.74, 6) is -2.50. The second-order valence-corrected chi connectivity index (χ2v) is 5.01. The largest absolute Gasteiger partial charge is 0.384 e. The molecule has 0 spiro atoms. The van der Waals surface area contributed by atoms with Crippen LogP contribution >= 0.6 is 0 Å². The third kappa shape index (κ3) is 4.13. The number of benzene rings is 1. The van der Waals surface area contributed by atoms with Gasteiger partial charge in [0.1, 0.15) is 11.4 Å². The SMILES string of the molecule is O=C(NCC1(O)C=CCCC1)C(=O)Nc1ccccc1F. The fourth-order valence-corrected chi connectivity index (χ4v) is 2.11. The molecule has 5 nitrogen and oxygen atoms in total. The summed E-state index contributed by atoms with van der Waals surface area (Å²) in [4.78, 5) is 23.3. The van der Waals surface area contributed by atoms with E-state index in [1.165, 1.54) is 18.2 Å². The molecule has 0 saturated heterocycles. The van der Waals surface area contributed by atoms with Gasteiger partial charge < -0.3 is 15.7 Å². The van der Waals surface area contributed by atoms with Crippen LogP contribution in [0.5, 0.6) is 0 Å². The van der Waals surface area contributed by atoms with Gasteiger partial charge in [-0.3, -0.25) is 9.59 Å². The fourth-order valence-electron chi connectivity index (χ4n) is 2.11. The number of hydrogen-bond acceptors (Lipinski definition) is 3. The Hall–Kier alpha value is -2.21. The van der Waals surface area contributed by atoms with E-state index >= 15 is 0 Å². The van der Waals surface area contributed by atoms with Crippen LogP contribution in [0.4, 0.5) is 10.1 Å². The highest BCUT2D eigenvalue weighted by molar-refractivity contribution is 6.39. The molecule has 1 aromatic rings. The van der Waals surface area contributed by atoms with E-state index in [1.807, 2.05) is 6.08 Å². The van der Waals surface area contributed by atoms with Crippen LogP contribution in [0.2, 0.25) is 0 Å². The predicted octanol–water partition coefficient (Wildman–Crippen LogP) is 1.35. The van der Waals surface area contributed by atoms with Gasteiger partial charge in [0.2, 0.25) is 0 Å². The lowest BCUT2D eigenvalue weighted by atomic mass is 9.91. The summed E-state index contributed by atoms with van der Waals surface area (Å²) in [6, 6.07) is 5.57. The van der Waals surface area contributed by atoms with Gasteiger partial charge in [-0.25, -0.2) is 4.39 Å². The van der Waals surface area contributed by atoms with Gasteiger partial charge in [0, 0.05) is 0 Å². The quantitative estimate of drug-likeness (QED) is 0.581. The number of allylic oxidation sites excluding steroid dienone is 1.